The van der Waals surface area contributed by atoms with Crippen LogP contribution in [0.3, 0.4) is 0 Å². The number of aromatic nitrogens is 1. The van der Waals surface area contributed by atoms with E-state index in [4.69, 9.17) is 30.3 Å². The summed E-state index contributed by atoms with van der Waals surface area (Å²) in [6.07, 6.45) is 2.91. The van der Waals surface area contributed by atoms with Crippen LogP contribution in [0.1, 0.15) is 30.9 Å². The van der Waals surface area contributed by atoms with E-state index in [2.05, 4.69) is 5.16 Å². The molecule has 6 nitrogen and oxygen atoms in total. The van der Waals surface area contributed by atoms with Crippen molar-refractivity contribution in [2.24, 2.45) is 5.92 Å². The van der Waals surface area contributed by atoms with Crippen LogP contribution < -0.4 is 9.47 Å². The zero-order valence-electron chi connectivity index (χ0n) is 15.2. The minimum Gasteiger partial charge on any atom is -0.493 e. The van der Waals surface area contributed by atoms with Crippen molar-refractivity contribution in [3.63, 3.8) is 0 Å². The van der Waals surface area contributed by atoms with Crippen LogP contribution in [0.4, 0.5) is 0 Å². The van der Waals surface area contributed by atoms with Gasteiger partial charge in [-0.05, 0) is 36.6 Å². The lowest BCUT2D eigenvalue weighted by Gasteiger charge is -2.14. The van der Waals surface area contributed by atoms with Gasteiger partial charge in [-0.15, -0.1) is 0 Å². The molecule has 1 aromatic heterocycles. The van der Waals surface area contributed by atoms with E-state index in [1.165, 1.54) is 13.2 Å². The number of hydrogen-bond donors (Lipinski definition) is 0. The molecule has 1 heterocycles. The molecule has 7 heteroatoms. The minimum atomic E-state index is -0.499. The molecule has 1 aromatic carbocycles. The fourth-order valence-corrected chi connectivity index (χ4v) is 2.34. The van der Waals surface area contributed by atoms with Crippen LogP contribution in [0.25, 0.3) is 6.08 Å². The first-order chi connectivity index (χ1) is 12.4. The fourth-order valence-electron chi connectivity index (χ4n) is 2.07. The second-order valence-corrected chi connectivity index (χ2v) is 6.52. The molecular formula is C19H22ClNO5. The molecule has 26 heavy (non-hydrogen) atoms. The lowest BCUT2D eigenvalue weighted by atomic mass is 10.2. The molecule has 0 amide bonds. The molecule has 0 aliphatic carbocycles. The molecule has 0 N–H and O–H groups in total. The van der Waals surface area contributed by atoms with Crippen LogP contribution in [0, 0.1) is 12.8 Å². The van der Waals surface area contributed by atoms with Gasteiger partial charge < -0.3 is 18.7 Å². The highest BCUT2D eigenvalue weighted by molar-refractivity contribution is 6.32. The number of aryl methyl sites for hydroxylation is 1. The summed E-state index contributed by atoms with van der Waals surface area (Å²) in [7, 11) is 1.54. The van der Waals surface area contributed by atoms with Gasteiger partial charge in [0.2, 0.25) is 0 Å². The van der Waals surface area contributed by atoms with Gasteiger partial charge in [-0.2, -0.15) is 0 Å². The zero-order chi connectivity index (χ0) is 19.1. The van der Waals surface area contributed by atoms with Gasteiger partial charge in [-0.3, -0.25) is 0 Å². The van der Waals surface area contributed by atoms with Crippen molar-refractivity contribution >= 4 is 23.6 Å². The molecule has 0 fully saturated rings. The van der Waals surface area contributed by atoms with Crippen molar-refractivity contribution in [3.05, 3.63) is 46.3 Å². The number of ether oxygens (including phenoxy) is 3. The van der Waals surface area contributed by atoms with Crippen LogP contribution in [-0.4, -0.2) is 24.8 Å². The number of nitrogens with zero attached hydrogens (tertiary/aromatic N) is 1. The molecule has 0 spiro atoms. The first-order valence-electron chi connectivity index (χ1n) is 8.16. The molecule has 0 bridgehead atoms. The van der Waals surface area contributed by atoms with E-state index in [-0.39, 0.29) is 6.61 Å². The van der Waals surface area contributed by atoms with Crippen molar-refractivity contribution in [2.75, 3.05) is 13.7 Å². The molecule has 2 aromatic rings. The Balaban J connectivity index is 2.02. The number of esters is 1. The third-order valence-corrected chi connectivity index (χ3v) is 3.54. The predicted octanol–water partition coefficient (Wildman–Crippen LogP) is 4.44. The van der Waals surface area contributed by atoms with Gasteiger partial charge in [0.25, 0.3) is 0 Å². The maximum Gasteiger partial charge on any atom is 0.331 e. The molecule has 0 aliphatic rings. The normalized spacial score (nSPS) is 11.2. The number of halogens is 1. The Labute approximate surface area is 157 Å². The van der Waals surface area contributed by atoms with Crippen molar-refractivity contribution in [2.45, 2.75) is 27.4 Å². The molecule has 0 aliphatic heterocycles. The zero-order valence-corrected chi connectivity index (χ0v) is 16.0. The standard InChI is InChI=1S/C19H22ClNO5/c1-12(2)10-25-19-16(20)8-14(9-17(19)23-4)5-6-18(22)24-11-15-7-13(3)26-21-15/h5-9,12H,10-11H2,1-4H3/b6-5+. The molecule has 0 unspecified atom stereocenters. The van der Waals surface area contributed by atoms with Crippen molar-refractivity contribution in [1.29, 1.82) is 0 Å². The summed E-state index contributed by atoms with van der Waals surface area (Å²) in [5.41, 5.74) is 1.25. The smallest absolute Gasteiger partial charge is 0.331 e. The van der Waals surface area contributed by atoms with Crippen LogP contribution in [0.5, 0.6) is 11.5 Å². The Morgan fingerprint density at radius 2 is 2.12 bits per heavy atom. The third-order valence-electron chi connectivity index (χ3n) is 3.26. The Morgan fingerprint density at radius 3 is 2.73 bits per heavy atom. The first kappa shape index (κ1) is 19.8. The molecular weight excluding hydrogens is 358 g/mol. The van der Waals surface area contributed by atoms with Gasteiger partial charge in [0.15, 0.2) is 11.5 Å². The first-order valence-corrected chi connectivity index (χ1v) is 8.54. The second kappa shape index (κ2) is 9.29. The van der Waals surface area contributed by atoms with Gasteiger partial charge in [-0.25, -0.2) is 4.79 Å². The van der Waals surface area contributed by atoms with E-state index in [1.807, 2.05) is 13.8 Å². The van der Waals surface area contributed by atoms with Gasteiger partial charge in [0, 0.05) is 12.1 Å². The summed E-state index contributed by atoms with van der Waals surface area (Å²) in [6.45, 7) is 6.43. The highest BCUT2D eigenvalue weighted by Crippen LogP contribution is 2.37. The van der Waals surface area contributed by atoms with Crippen molar-refractivity contribution in [1.82, 2.24) is 5.16 Å². The van der Waals surface area contributed by atoms with Gasteiger partial charge >= 0.3 is 5.97 Å². The Kier molecular flexibility index (Phi) is 7.09. The Bertz CT molecular complexity index is 782. The van der Waals surface area contributed by atoms with E-state index < -0.39 is 5.97 Å². The van der Waals surface area contributed by atoms with Gasteiger partial charge in [0.1, 0.15) is 18.1 Å². The lowest BCUT2D eigenvalue weighted by molar-refractivity contribution is -0.139. The molecule has 140 valence electrons. The van der Waals surface area contributed by atoms with Crippen molar-refractivity contribution in [3.8, 4) is 11.5 Å². The maximum absolute atomic E-state index is 11.8. The number of carbonyl (C=O) groups is 1. The minimum absolute atomic E-state index is 0.0482. The molecule has 2 rings (SSSR count). The fraction of sp³-hybridized carbons (Fsp3) is 0.368. The van der Waals surface area contributed by atoms with Gasteiger partial charge in [-0.1, -0.05) is 30.6 Å². The summed E-state index contributed by atoms with van der Waals surface area (Å²) in [6, 6.07) is 5.15. The Hall–Kier alpha value is -2.47. The van der Waals surface area contributed by atoms with E-state index in [9.17, 15) is 4.79 Å². The summed E-state index contributed by atoms with van der Waals surface area (Å²) >= 11 is 6.28. The molecule has 0 saturated heterocycles. The number of methoxy groups -OCH3 is 1. The lowest BCUT2D eigenvalue weighted by Crippen LogP contribution is -2.06. The summed E-state index contributed by atoms with van der Waals surface area (Å²) in [5.74, 6) is 1.51. The molecule has 0 saturated carbocycles. The predicted molar refractivity (Wildman–Crippen MR) is 98.4 cm³/mol. The van der Waals surface area contributed by atoms with E-state index in [0.29, 0.717) is 46.1 Å². The second-order valence-electron chi connectivity index (χ2n) is 6.11. The highest BCUT2D eigenvalue weighted by atomic mass is 35.5. The monoisotopic (exact) mass is 379 g/mol. The van der Waals surface area contributed by atoms with E-state index in [1.54, 1.807) is 31.2 Å². The number of hydrogen-bond acceptors (Lipinski definition) is 6. The number of carbonyl (C=O) groups excluding carboxylic acids is 1. The summed E-state index contributed by atoms with van der Waals surface area (Å²) < 4.78 is 21.0. The average Bonchev–Trinajstić information content (AvgIpc) is 3.01. The van der Waals surface area contributed by atoms with Crippen molar-refractivity contribution < 1.29 is 23.5 Å². The van der Waals surface area contributed by atoms with E-state index >= 15 is 0 Å². The highest BCUT2D eigenvalue weighted by Gasteiger charge is 2.12. The van der Waals surface area contributed by atoms with Crippen LogP contribution in [0.2, 0.25) is 5.02 Å². The number of benzene rings is 1. The van der Waals surface area contributed by atoms with Crippen LogP contribution in [-0.2, 0) is 16.1 Å². The summed E-state index contributed by atoms with van der Waals surface area (Å²) in [4.78, 5) is 11.8. The SMILES string of the molecule is COc1cc(/C=C/C(=O)OCc2cc(C)on2)cc(Cl)c1OCC(C)C. The summed E-state index contributed by atoms with van der Waals surface area (Å²) in [5, 5.41) is 4.17. The average molecular weight is 380 g/mol. The van der Waals surface area contributed by atoms with Crippen LogP contribution in [0.15, 0.2) is 28.8 Å². The van der Waals surface area contributed by atoms with E-state index in [0.717, 1.165) is 0 Å². The number of rotatable bonds is 8. The topological polar surface area (TPSA) is 70.8 Å². The molecule has 0 radical (unpaired) electrons. The maximum atomic E-state index is 11.8. The molecule has 0 atom stereocenters. The van der Waals surface area contributed by atoms with Gasteiger partial charge in [0.05, 0.1) is 18.7 Å². The quantitative estimate of drug-likeness (QED) is 0.499. The largest absolute Gasteiger partial charge is 0.493 e. The Morgan fingerprint density at radius 1 is 1.35 bits per heavy atom. The van der Waals surface area contributed by atoms with Crippen LogP contribution >= 0.6 is 11.6 Å². The third kappa shape index (κ3) is 5.81.